The molecule has 2 amide bonds. The van der Waals surface area contributed by atoms with Crippen LogP contribution in [0.5, 0.6) is 0 Å². The molecule has 0 radical (unpaired) electrons. The Bertz CT molecular complexity index is 1200. The van der Waals surface area contributed by atoms with E-state index in [9.17, 15) is 22.8 Å². The highest BCUT2D eigenvalue weighted by atomic mass is 32.2. The Morgan fingerprint density at radius 2 is 1.55 bits per heavy atom. The molecule has 10 heteroatoms. The fourth-order valence-electron chi connectivity index (χ4n) is 4.15. The molecule has 0 aromatic heterocycles. The lowest BCUT2D eigenvalue weighted by molar-refractivity contribution is -0.139. The first-order valence-corrected chi connectivity index (χ1v) is 13.4. The van der Waals surface area contributed by atoms with Crippen LogP contribution in [0.15, 0.2) is 58.3 Å². The van der Waals surface area contributed by atoms with E-state index < -0.39 is 23.4 Å². The maximum Gasteiger partial charge on any atom is 0.417 e. The molecule has 2 aromatic carbocycles. The van der Waals surface area contributed by atoms with Crippen molar-refractivity contribution in [3.05, 3.63) is 59.7 Å². The van der Waals surface area contributed by atoms with Gasteiger partial charge in [0.15, 0.2) is 0 Å². The number of ether oxygens (including phenoxy) is 1. The van der Waals surface area contributed by atoms with Crippen LogP contribution in [0, 0.1) is 0 Å². The highest BCUT2D eigenvalue weighted by Crippen LogP contribution is 2.43. The van der Waals surface area contributed by atoms with Crippen LogP contribution in [0.25, 0.3) is 6.08 Å². The average molecular weight is 548 g/mol. The molecule has 0 bridgehead atoms. The summed E-state index contributed by atoms with van der Waals surface area (Å²) in [5.74, 6) is -0.315. The largest absolute Gasteiger partial charge is 0.444 e. The molecular weight excluding hydrogens is 515 g/mol. The Kier molecular flexibility index (Phi) is 8.30. The van der Waals surface area contributed by atoms with Crippen molar-refractivity contribution in [2.45, 2.75) is 48.8 Å². The maximum absolute atomic E-state index is 14.0. The Morgan fingerprint density at radius 1 is 0.895 bits per heavy atom. The minimum atomic E-state index is -4.54. The Hall–Kier alpha value is -3.14. The van der Waals surface area contributed by atoms with E-state index in [-0.39, 0.29) is 10.8 Å². The van der Waals surface area contributed by atoms with Gasteiger partial charge in [0.05, 0.1) is 11.3 Å². The Labute approximate surface area is 225 Å². The standard InChI is InChI=1S/C28H32F3N3O3S/c1-27(2,3)37-26(36)34-17-15-33(16-18-34)25(35)12-10-20-9-11-23(21(19-20)28(29,30)31)38-24-8-5-4-7-22(24)32-13-6-14-32/h4-5,7-12,19H,6,13-18H2,1-3H3. The maximum atomic E-state index is 14.0. The number of anilines is 1. The average Bonchev–Trinajstić information content (AvgIpc) is 2.81. The lowest BCUT2D eigenvalue weighted by atomic mass is 10.1. The summed E-state index contributed by atoms with van der Waals surface area (Å²) in [4.78, 5) is 31.1. The van der Waals surface area contributed by atoms with Gasteiger partial charge in [0.25, 0.3) is 0 Å². The summed E-state index contributed by atoms with van der Waals surface area (Å²) in [6.45, 7) is 8.47. The van der Waals surface area contributed by atoms with E-state index in [0.29, 0.717) is 31.7 Å². The first-order chi connectivity index (χ1) is 17.9. The minimum Gasteiger partial charge on any atom is -0.444 e. The number of hydrogen-bond donors (Lipinski definition) is 0. The summed E-state index contributed by atoms with van der Waals surface area (Å²) in [7, 11) is 0. The number of alkyl halides is 3. The van der Waals surface area contributed by atoms with Gasteiger partial charge in [-0.15, -0.1) is 0 Å². The number of carbonyl (C=O) groups excluding carboxylic acids is 2. The number of hydrogen-bond acceptors (Lipinski definition) is 5. The number of amides is 2. The summed E-state index contributed by atoms with van der Waals surface area (Å²) in [5, 5.41) is 0. The molecule has 2 heterocycles. The summed E-state index contributed by atoms with van der Waals surface area (Å²) in [5.41, 5.74) is -0.105. The lowest BCUT2D eigenvalue weighted by Crippen LogP contribution is -2.51. The molecule has 0 N–H and O–H groups in total. The van der Waals surface area contributed by atoms with Gasteiger partial charge in [0.2, 0.25) is 5.91 Å². The van der Waals surface area contributed by atoms with Crippen molar-refractivity contribution in [3.63, 3.8) is 0 Å². The van der Waals surface area contributed by atoms with Crippen molar-refractivity contribution in [1.82, 2.24) is 9.80 Å². The molecule has 6 nitrogen and oxygen atoms in total. The normalized spacial score (nSPS) is 16.5. The summed E-state index contributed by atoms with van der Waals surface area (Å²) < 4.78 is 47.4. The van der Waals surface area contributed by atoms with Crippen LogP contribution in [-0.4, -0.2) is 66.7 Å². The van der Waals surface area contributed by atoms with Crippen LogP contribution in [0.4, 0.5) is 23.7 Å². The molecule has 204 valence electrons. The fraction of sp³-hybridized carbons (Fsp3) is 0.429. The molecule has 0 unspecified atom stereocenters. The van der Waals surface area contributed by atoms with E-state index in [0.717, 1.165) is 47.9 Å². The molecule has 38 heavy (non-hydrogen) atoms. The van der Waals surface area contributed by atoms with Crippen LogP contribution in [-0.2, 0) is 15.7 Å². The second-order valence-corrected chi connectivity index (χ2v) is 11.4. The first-order valence-electron chi connectivity index (χ1n) is 12.6. The van der Waals surface area contributed by atoms with Crippen molar-refractivity contribution in [3.8, 4) is 0 Å². The van der Waals surface area contributed by atoms with E-state index >= 15 is 0 Å². The highest BCUT2D eigenvalue weighted by Gasteiger charge is 2.34. The molecular formula is C28H32F3N3O3S. The SMILES string of the molecule is CC(C)(C)OC(=O)N1CCN(C(=O)C=Cc2ccc(Sc3ccccc3N3CCC3)c(C(F)(F)F)c2)CC1. The van der Waals surface area contributed by atoms with E-state index in [4.69, 9.17) is 4.74 Å². The molecule has 0 spiro atoms. The third-order valence-electron chi connectivity index (χ3n) is 6.25. The van der Waals surface area contributed by atoms with Gasteiger partial charge in [0, 0.05) is 55.1 Å². The second-order valence-electron chi connectivity index (χ2n) is 10.3. The van der Waals surface area contributed by atoms with Gasteiger partial charge in [-0.2, -0.15) is 13.2 Å². The summed E-state index contributed by atoms with van der Waals surface area (Å²) in [6.07, 6.45) is -1.21. The minimum absolute atomic E-state index is 0.118. The van der Waals surface area contributed by atoms with E-state index in [2.05, 4.69) is 4.90 Å². The number of halogens is 3. The molecule has 2 saturated heterocycles. The van der Waals surface area contributed by atoms with Gasteiger partial charge in [-0.25, -0.2) is 4.79 Å². The van der Waals surface area contributed by atoms with Crippen LogP contribution in [0.2, 0.25) is 0 Å². The van der Waals surface area contributed by atoms with E-state index in [1.165, 1.54) is 18.2 Å². The van der Waals surface area contributed by atoms with Gasteiger partial charge >= 0.3 is 12.3 Å². The number of rotatable bonds is 5. The van der Waals surface area contributed by atoms with Crippen LogP contribution in [0.3, 0.4) is 0 Å². The van der Waals surface area contributed by atoms with Crippen molar-refractivity contribution in [2.75, 3.05) is 44.2 Å². The van der Waals surface area contributed by atoms with Gasteiger partial charge in [-0.05, 0) is 63.1 Å². The van der Waals surface area contributed by atoms with Gasteiger partial charge in [0.1, 0.15) is 5.60 Å². The lowest BCUT2D eigenvalue weighted by Gasteiger charge is -2.35. The quantitative estimate of drug-likeness (QED) is 0.420. The Morgan fingerprint density at radius 3 is 2.16 bits per heavy atom. The van der Waals surface area contributed by atoms with Crippen LogP contribution in [0.1, 0.15) is 38.3 Å². The zero-order valence-corrected chi connectivity index (χ0v) is 22.6. The van der Waals surface area contributed by atoms with Crippen LogP contribution >= 0.6 is 11.8 Å². The second kappa shape index (κ2) is 11.3. The van der Waals surface area contributed by atoms with E-state index in [1.54, 1.807) is 36.6 Å². The monoisotopic (exact) mass is 547 g/mol. The van der Waals surface area contributed by atoms with Gasteiger partial charge in [-0.1, -0.05) is 30.0 Å². The van der Waals surface area contributed by atoms with Crippen molar-refractivity contribution < 1.29 is 27.5 Å². The molecule has 0 atom stereocenters. The molecule has 2 aliphatic rings. The summed E-state index contributed by atoms with van der Waals surface area (Å²) >= 11 is 1.10. The smallest absolute Gasteiger partial charge is 0.417 e. The van der Waals surface area contributed by atoms with Crippen molar-refractivity contribution in [1.29, 1.82) is 0 Å². The molecule has 4 rings (SSSR count). The molecule has 2 fully saturated rings. The summed E-state index contributed by atoms with van der Waals surface area (Å²) in [6, 6.07) is 11.6. The van der Waals surface area contributed by atoms with Gasteiger partial charge < -0.3 is 19.4 Å². The predicted molar refractivity (Wildman–Crippen MR) is 142 cm³/mol. The van der Waals surface area contributed by atoms with Crippen molar-refractivity contribution >= 4 is 35.5 Å². The number of para-hydroxylation sites is 1. The third kappa shape index (κ3) is 7.03. The molecule has 0 aliphatic carbocycles. The highest BCUT2D eigenvalue weighted by molar-refractivity contribution is 7.99. The van der Waals surface area contributed by atoms with Crippen LogP contribution < -0.4 is 4.90 Å². The molecule has 2 aliphatic heterocycles. The third-order valence-corrected chi connectivity index (χ3v) is 7.39. The number of carbonyl (C=O) groups is 2. The first kappa shape index (κ1) is 27.9. The predicted octanol–water partition coefficient (Wildman–Crippen LogP) is 6.16. The number of piperazine rings is 1. The zero-order chi connectivity index (χ0) is 27.5. The fourth-order valence-corrected chi connectivity index (χ4v) is 5.26. The van der Waals surface area contributed by atoms with Gasteiger partial charge in [-0.3, -0.25) is 4.79 Å². The molecule has 2 aromatic rings. The van der Waals surface area contributed by atoms with Crippen molar-refractivity contribution in [2.24, 2.45) is 0 Å². The van der Waals surface area contributed by atoms with E-state index in [1.807, 2.05) is 24.3 Å². The topological polar surface area (TPSA) is 53.1 Å². The number of benzene rings is 2. The number of nitrogens with zero attached hydrogens (tertiary/aromatic N) is 3. The molecule has 0 saturated carbocycles. The zero-order valence-electron chi connectivity index (χ0n) is 21.8. The Balaban J connectivity index is 1.43.